The predicted octanol–water partition coefficient (Wildman–Crippen LogP) is 1.33. The van der Waals surface area contributed by atoms with Crippen LogP contribution >= 0.6 is 0 Å². The number of amides is 2. The van der Waals surface area contributed by atoms with Crippen LogP contribution in [0.1, 0.15) is 42.7 Å². The van der Waals surface area contributed by atoms with Gasteiger partial charge < -0.3 is 16.4 Å². The normalized spacial score (nSPS) is 25.3. The van der Waals surface area contributed by atoms with E-state index >= 15 is 0 Å². The molecule has 136 valence electrons. The number of hydrogen-bond acceptors (Lipinski definition) is 3. The van der Waals surface area contributed by atoms with Crippen molar-refractivity contribution in [2.45, 2.75) is 50.1 Å². The van der Waals surface area contributed by atoms with E-state index in [2.05, 4.69) is 0 Å². The van der Waals surface area contributed by atoms with Gasteiger partial charge in [-0.3, -0.25) is 9.59 Å². The number of hydrogen-bond donors (Lipinski definition) is 2. The van der Waals surface area contributed by atoms with Gasteiger partial charge in [0.1, 0.15) is 5.82 Å². The van der Waals surface area contributed by atoms with Crippen molar-refractivity contribution in [3.05, 3.63) is 34.6 Å². The predicted molar refractivity (Wildman–Crippen MR) is 83.9 cm³/mol. The summed E-state index contributed by atoms with van der Waals surface area (Å²) in [4.78, 5) is 24.7. The summed E-state index contributed by atoms with van der Waals surface area (Å²) < 4.78 is 43.0. The maximum atomic E-state index is 14.7. The summed E-state index contributed by atoms with van der Waals surface area (Å²) in [5.74, 6) is -4.89. The molecule has 0 aromatic heterocycles. The molecule has 5 nitrogen and oxygen atoms in total. The van der Waals surface area contributed by atoms with Gasteiger partial charge >= 0.3 is 0 Å². The van der Waals surface area contributed by atoms with Crippen molar-refractivity contribution in [1.29, 1.82) is 0 Å². The highest BCUT2D eigenvalue weighted by Crippen LogP contribution is 2.45. The fourth-order valence-corrected chi connectivity index (χ4v) is 4.28. The number of rotatable bonds is 4. The van der Waals surface area contributed by atoms with Gasteiger partial charge in [-0.15, -0.1) is 0 Å². The number of piperidine rings is 1. The van der Waals surface area contributed by atoms with Gasteiger partial charge in [0.05, 0.1) is 13.0 Å². The van der Waals surface area contributed by atoms with Crippen molar-refractivity contribution in [3.8, 4) is 0 Å². The topological polar surface area (TPSA) is 89.4 Å². The Morgan fingerprint density at radius 2 is 1.72 bits per heavy atom. The lowest BCUT2D eigenvalue weighted by molar-refractivity contribution is -0.134. The van der Waals surface area contributed by atoms with Crippen LogP contribution in [-0.2, 0) is 16.0 Å². The van der Waals surface area contributed by atoms with E-state index in [0.29, 0.717) is 18.9 Å². The van der Waals surface area contributed by atoms with Crippen LogP contribution in [0.4, 0.5) is 13.2 Å². The van der Waals surface area contributed by atoms with Gasteiger partial charge in [0.2, 0.25) is 11.8 Å². The molecule has 0 spiro atoms. The molecule has 1 aromatic carbocycles. The minimum Gasteiger partial charge on any atom is -0.369 e. The van der Waals surface area contributed by atoms with E-state index in [0.717, 1.165) is 12.8 Å². The third-order valence-electron chi connectivity index (χ3n) is 5.23. The fourth-order valence-electron chi connectivity index (χ4n) is 4.28. The molecule has 2 saturated heterocycles. The van der Waals surface area contributed by atoms with E-state index in [9.17, 15) is 22.8 Å². The third-order valence-corrected chi connectivity index (χ3v) is 5.23. The smallest absolute Gasteiger partial charge is 0.236 e. The molecule has 2 amide bonds. The van der Waals surface area contributed by atoms with Crippen LogP contribution in [0, 0.1) is 17.5 Å². The van der Waals surface area contributed by atoms with Crippen molar-refractivity contribution in [1.82, 2.24) is 4.90 Å². The summed E-state index contributed by atoms with van der Waals surface area (Å²) in [6.07, 6.45) is 1.66. The number of carbonyl (C=O) groups is 2. The molecule has 2 unspecified atom stereocenters. The van der Waals surface area contributed by atoms with Gasteiger partial charge in [-0.1, -0.05) is 0 Å². The Hall–Kier alpha value is -2.09. The average Bonchev–Trinajstić information content (AvgIpc) is 2.82. The van der Waals surface area contributed by atoms with Gasteiger partial charge in [-0.05, 0) is 37.7 Å². The molecule has 1 aromatic rings. The third kappa shape index (κ3) is 3.10. The molecule has 2 aliphatic heterocycles. The largest absolute Gasteiger partial charge is 0.369 e. The van der Waals surface area contributed by atoms with E-state index in [1.807, 2.05) is 0 Å². The highest BCUT2D eigenvalue weighted by molar-refractivity contribution is 5.79. The van der Waals surface area contributed by atoms with Gasteiger partial charge in [0.15, 0.2) is 11.6 Å². The number of carbonyl (C=O) groups excluding carboxylic acids is 2. The quantitative estimate of drug-likeness (QED) is 0.799. The number of benzene rings is 1. The number of halogens is 3. The maximum Gasteiger partial charge on any atom is 0.236 e. The van der Waals surface area contributed by atoms with E-state index in [4.69, 9.17) is 11.5 Å². The molecule has 2 bridgehead atoms. The number of primary amides is 1. The van der Waals surface area contributed by atoms with E-state index in [-0.39, 0.29) is 35.7 Å². The summed E-state index contributed by atoms with van der Waals surface area (Å²) in [5, 5.41) is 0. The van der Waals surface area contributed by atoms with Crippen LogP contribution in [0.3, 0.4) is 0 Å². The Bertz CT molecular complexity index is 712. The molecule has 2 aliphatic rings. The van der Waals surface area contributed by atoms with Crippen molar-refractivity contribution in [2.75, 3.05) is 6.54 Å². The molecular weight excluding hydrogens is 335 g/mol. The van der Waals surface area contributed by atoms with Crippen LogP contribution < -0.4 is 11.5 Å². The summed E-state index contributed by atoms with van der Waals surface area (Å²) in [5.41, 5.74) is 9.90. The van der Waals surface area contributed by atoms with Gasteiger partial charge in [0, 0.05) is 23.2 Å². The van der Waals surface area contributed by atoms with E-state index in [1.165, 1.54) is 0 Å². The zero-order chi connectivity index (χ0) is 18.3. The first-order valence-corrected chi connectivity index (χ1v) is 8.29. The van der Waals surface area contributed by atoms with Crippen molar-refractivity contribution in [2.24, 2.45) is 11.5 Å². The average molecular weight is 355 g/mol. The second-order valence-corrected chi connectivity index (χ2v) is 6.76. The second-order valence-electron chi connectivity index (χ2n) is 6.76. The first-order valence-electron chi connectivity index (χ1n) is 8.29. The van der Waals surface area contributed by atoms with Crippen LogP contribution in [0.15, 0.2) is 6.07 Å². The zero-order valence-corrected chi connectivity index (χ0v) is 13.6. The lowest BCUT2D eigenvalue weighted by Crippen LogP contribution is -2.48. The van der Waals surface area contributed by atoms with Gasteiger partial charge in [-0.25, -0.2) is 13.2 Å². The molecule has 4 N–H and O–H groups in total. The summed E-state index contributed by atoms with van der Waals surface area (Å²) >= 11 is 0. The molecule has 0 aliphatic carbocycles. The SMILES string of the molecule is NCC(=O)N1C2CC[C@@H]1CC(c1c(F)c(F)cc(CC(N)=O)c1F)C2. The standard InChI is InChI=1S/C17H20F3N3O2/c18-12-5-9(6-13(22)24)16(19)15(17(12)20)8-3-10-1-2-11(4-8)23(10)14(25)7-21/h5,8,10-11H,1-4,6-7,21H2,(H2,22,24)/t8?,10-,11?/m1/s1. The first kappa shape index (κ1) is 17.7. The van der Waals surface area contributed by atoms with Crippen molar-refractivity contribution >= 4 is 11.8 Å². The van der Waals surface area contributed by atoms with Gasteiger partial charge in [-0.2, -0.15) is 0 Å². The molecule has 3 rings (SSSR count). The lowest BCUT2D eigenvalue weighted by atomic mass is 9.83. The molecule has 0 saturated carbocycles. The Morgan fingerprint density at radius 3 is 2.24 bits per heavy atom. The van der Waals surface area contributed by atoms with Crippen LogP contribution in [0.25, 0.3) is 0 Å². The maximum absolute atomic E-state index is 14.7. The highest BCUT2D eigenvalue weighted by Gasteiger charge is 2.44. The van der Waals surface area contributed by atoms with Crippen LogP contribution in [-0.4, -0.2) is 35.3 Å². The molecule has 0 radical (unpaired) electrons. The first-order chi connectivity index (χ1) is 11.8. The van der Waals surface area contributed by atoms with Crippen molar-refractivity contribution in [3.63, 3.8) is 0 Å². The van der Waals surface area contributed by atoms with Crippen LogP contribution in [0.2, 0.25) is 0 Å². The van der Waals surface area contributed by atoms with E-state index in [1.54, 1.807) is 4.90 Å². The highest BCUT2D eigenvalue weighted by atomic mass is 19.2. The summed E-state index contributed by atoms with van der Waals surface area (Å²) in [6, 6.07) is 0.378. The minimum absolute atomic E-state index is 0.108. The summed E-state index contributed by atoms with van der Waals surface area (Å²) in [6.45, 7) is -0.108. The summed E-state index contributed by atoms with van der Waals surface area (Å²) in [7, 11) is 0. The monoisotopic (exact) mass is 355 g/mol. The van der Waals surface area contributed by atoms with E-state index < -0.39 is 35.7 Å². The van der Waals surface area contributed by atoms with Crippen molar-refractivity contribution < 1.29 is 22.8 Å². The minimum atomic E-state index is -1.23. The number of nitrogens with zero attached hydrogens (tertiary/aromatic N) is 1. The number of nitrogens with two attached hydrogens (primary N) is 2. The molecule has 2 fully saturated rings. The number of fused-ring (bicyclic) bond motifs is 2. The molecule has 25 heavy (non-hydrogen) atoms. The zero-order valence-electron chi connectivity index (χ0n) is 13.6. The lowest BCUT2D eigenvalue weighted by Gasteiger charge is -2.39. The fraction of sp³-hybridized carbons (Fsp3) is 0.529. The molecular formula is C17H20F3N3O2. The molecule has 8 heteroatoms. The van der Waals surface area contributed by atoms with Crippen LogP contribution in [0.5, 0.6) is 0 Å². The Labute approximate surface area is 143 Å². The Morgan fingerprint density at radius 1 is 1.12 bits per heavy atom. The van der Waals surface area contributed by atoms with Gasteiger partial charge in [0.25, 0.3) is 0 Å². The second kappa shape index (κ2) is 6.67. The molecule has 3 atom stereocenters. The molecule has 2 heterocycles. The Kier molecular flexibility index (Phi) is 4.73. The Balaban J connectivity index is 1.94.